The van der Waals surface area contributed by atoms with Crippen molar-refractivity contribution in [3.63, 3.8) is 0 Å². The van der Waals surface area contributed by atoms with E-state index < -0.39 is 17.5 Å². The molecule has 1 rings (SSSR count). The molecule has 0 spiro atoms. The third-order valence-corrected chi connectivity index (χ3v) is 2.49. The second-order valence-electron chi connectivity index (χ2n) is 3.65. The number of hydrogen-bond acceptors (Lipinski definition) is 3. The molecule has 1 atom stereocenters. The lowest BCUT2D eigenvalue weighted by Crippen LogP contribution is -2.15. The van der Waals surface area contributed by atoms with Crippen LogP contribution in [0.5, 0.6) is 5.75 Å². The van der Waals surface area contributed by atoms with Gasteiger partial charge in [0, 0.05) is 0 Å². The van der Waals surface area contributed by atoms with Crippen molar-refractivity contribution < 1.29 is 13.9 Å². The zero-order valence-electron chi connectivity index (χ0n) is 9.87. The molecule has 0 bridgehead atoms. The Morgan fingerprint density at radius 3 is 2.82 bits per heavy atom. The largest absolute Gasteiger partial charge is 0.496 e. The van der Waals surface area contributed by atoms with Crippen molar-refractivity contribution >= 4 is 5.78 Å². The summed E-state index contributed by atoms with van der Waals surface area (Å²) in [4.78, 5) is 12.0. The number of carbonyl (C=O) groups excluding carboxylic acids is 1. The molecular weight excluding hydrogens is 221 g/mol. The second kappa shape index (κ2) is 6.00. The number of nitrogens with zero attached hydrogens (tertiary/aromatic N) is 1. The van der Waals surface area contributed by atoms with Gasteiger partial charge < -0.3 is 4.74 Å². The fourth-order valence-corrected chi connectivity index (χ4v) is 1.63. The van der Waals surface area contributed by atoms with Gasteiger partial charge in [0.2, 0.25) is 0 Å². The molecule has 0 amide bonds. The summed E-state index contributed by atoms with van der Waals surface area (Å²) in [5.41, 5.74) is -0.130. The summed E-state index contributed by atoms with van der Waals surface area (Å²) < 4.78 is 18.6. The molecule has 17 heavy (non-hydrogen) atoms. The van der Waals surface area contributed by atoms with Crippen LogP contribution < -0.4 is 4.74 Å². The van der Waals surface area contributed by atoms with Crippen LogP contribution in [-0.4, -0.2) is 12.9 Å². The molecule has 1 aromatic rings. The van der Waals surface area contributed by atoms with Crippen LogP contribution in [0.3, 0.4) is 0 Å². The van der Waals surface area contributed by atoms with Gasteiger partial charge >= 0.3 is 0 Å². The fourth-order valence-electron chi connectivity index (χ4n) is 1.63. The lowest BCUT2D eigenvalue weighted by Gasteiger charge is -2.11. The minimum atomic E-state index is -0.814. The molecule has 0 N–H and O–H groups in total. The number of halogens is 1. The smallest absolute Gasteiger partial charge is 0.186 e. The Hall–Kier alpha value is -1.89. The van der Waals surface area contributed by atoms with E-state index >= 15 is 0 Å². The first-order valence-corrected chi connectivity index (χ1v) is 5.42. The normalized spacial score (nSPS) is 11.6. The molecule has 0 heterocycles. The van der Waals surface area contributed by atoms with Crippen LogP contribution in [0.1, 0.15) is 30.1 Å². The maximum Gasteiger partial charge on any atom is 0.186 e. The molecule has 1 aromatic carbocycles. The molecule has 0 fully saturated rings. The van der Waals surface area contributed by atoms with Crippen molar-refractivity contribution in [3.05, 3.63) is 29.6 Å². The van der Waals surface area contributed by atoms with Gasteiger partial charge in [-0.15, -0.1) is 0 Å². The van der Waals surface area contributed by atoms with Crippen molar-refractivity contribution in [1.29, 1.82) is 5.26 Å². The first kappa shape index (κ1) is 13.2. The Morgan fingerprint density at radius 2 is 2.29 bits per heavy atom. The summed E-state index contributed by atoms with van der Waals surface area (Å²) in [5.74, 6) is -1.80. The molecule has 0 radical (unpaired) electrons. The maximum atomic E-state index is 13.6. The number of methoxy groups -OCH3 is 1. The van der Waals surface area contributed by atoms with Gasteiger partial charge in [-0.3, -0.25) is 4.79 Å². The number of Topliss-reactive ketones (excluding diaryl/α,β-unsaturated/α-hetero) is 1. The van der Waals surface area contributed by atoms with E-state index in [1.165, 1.54) is 25.3 Å². The molecule has 3 nitrogen and oxygen atoms in total. The van der Waals surface area contributed by atoms with E-state index in [9.17, 15) is 9.18 Å². The van der Waals surface area contributed by atoms with Crippen LogP contribution in [0.2, 0.25) is 0 Å². The van der Waals surface area contributed by atoms with E-state index in [4.69, 9.17) is 10.00 Å². The number of benzene rings is 1. The van der Waals surface area contributed by atoms with Gasteiger partial charge in [-0.2, -0.15) is 5.26 Å². The van der Waals surface area contributed by atoms with Crippen molar-refractivity contribution in [3.8, 4) is 11.8 Å². The van der Waals surface area contributed by atoms with E-state index in [0.717, 1.165) is 0 Å². The highest BCUT2D eigenvalue weighted by molar-refractivity contribution is 6.01. The Morgan fingerprint density at radius 1 is 1.59 bits per heavy atom. The average Bonchev–Trinajstić information content (AvgIpc) is 2.34. The number of nitriles is 1. The van der Waals surface area contributed by atoms with Crippen molar-refractivity contribution in [2.75, 3.05) is 7.11 Å². The maximum absolute atomic E-state index is 13.6. The highest BCUT2D eigenvalue weighted by Gasteiger charge is 2.25. The lowest BCUT2D eigenvalue weighted by atomic mass is 9.94. The van der Waals surface area contributed by atoms with Gasteiger partial charge in [0.1, 0.15) is 17.5 Å². The molecule has 0 aliphatic rings. The third-order valence-electron chi connectivity index (χ3n) is 2.49. The Bertz CT molecular complexity index is 451. The van der Waals surface area contributed by atoms with Crippen LogP contribution >= 0.6 is 0 Å². The van der Waals surface area contributed by atoms with Gasteiger partial charge in [0.25, 0.3) is 0 Å². The molecule has 0 aliphatic heterocycles. The van der Waals surface area contributed by atoms with Crippen molar-refractivity contribution in [2.45, 2.75) is 19.8 Å². The molecule has 0 aromatic heterocycles. The molecule has 90 valence electrons. The Labute approximate surface area is 99.8 Å². The zero-order chi connectivity index (χ0) is 12.8. The fraction of sp³-hybridized carbons (Fsp3) is 0.385. The summed E-state index contributed by atoms with van der Waals surface area (Å²) in [5, 5.41) is 8.91. The first-order chi connectivity index (χ1) is 8.15. The van der Waals surface area contributed by atoms with E-state index in [-0.39, 0.29) is 11.3 Å². The van der Waals surface area contributed by atoms with Gasteiger partial charge in [-0.1, -0.05) is 19.4 Å². The number of rotatable bonds is 5. The van der Waals surface area contributed by atoms with Crippen LogP contribution in [0.25, 0.3) is 0 Å². The minimum absolute atomic E-state index is 0.130. The number of carbonyl (C=O) groups is 1. The van der Waals surface area contributed by atoms with Crippen LogP contribution in [-0.2, 0) is 0 Å². The number of ketones is 1. The highest BCUT2D eigenvalue weighted by Crippen LogP contribution is 2.25. The number of hydrogen-bond donors (Lipinski definition) is 0. The lowest BCUT2D eigenvalue weighted by molar-refractivity contribution is 0.0936. The second-order valence-corrected chi connectivity index (χ2v) is 3.65. The first-order valence-electron chi connectivity index (χ1n) is 5.42. The van der Waals surface area contributed by atoms with E-state index in [1.54, 1.807) is 0 Å². The predicted octanol–water partition coefficient (Wildman–Crippen LogP) is 2.96. The predicted molar refractivity (Wildman–Crippen MR) is 61.3 cm³/mol. The van der Waals surface area contributed by atoms with Crippen molar-refractivity contribution in [1.82, 2.24) is 0 Å². The van der Waals surface area contributed by atoms with Gasteiger partial charge in [-0.05, 0) is 18.6 Å². The Balaban J connectivity index is 3.15. The molecular formula is C13H14FNO2. The van der Waals surface area contributed by atoms with Crippen LogP contribution in [0, 0.1) is 23.1 Å². The number of ether oxygens (including phenoxy) is 1. The summed E-state index contributed by atoms with van der Waals surface area (Å²) in [6, 6.07) is 6.07. The molecule has 0 saturated heterocycles. The molecule has 0 saturated carbocycles. The molecule has 4 heteroatoms. The van der Waals surface area contributed by atoms with Gasteiger partial charge in [0.15, 0.2) is 5.78 Å². The average molecular weight is 235 g/mol. The SMILES string of the molecule is CCCC(C#N)C(=O)c1c(F)cccc1OC. The third kappa shape index (κ3) is 2.82. The summed E-state index contributed by atoms with van der Waals surface area (Å²) >= 11 is 0. The van der Waals surface area contributed by atoms with E-state index in [0.29, 0.717) is 12.8 Å². The van der Waals surface area contributed by atoms with E-state index in [2.05, 4.69) is 0 Å². The zero-order valence-corrected chi connectivity index (χ0v) is 9.87. The minimum Gasteiger partial charge on any atom is -0.496 e. The monoisotopic (exact) mass is 235 g/mol. The molecule has 0 aliphatic carbocycles. The van der Waals surface area contributed by atoms with Crippen molar-refractivity contribution in [2.24, 2.45) is 5.92 Å². The van der Waals surface area contributed by atoms with Gasteiger partial charge in [-0.25, -0.2) is 4.39 Å². The topological polar surface area (TPSA) is 50.1 Å². The van der Waals surface area contributed by atoms with E-state index in [1.807, 2.05) is 13.0 Å². The van der Waals surface area contributed by atoms with Crippen LogP contribution in [0.15, 0.2) is 18.2 Å². The Kier molecular flexibility index (Phi) is 4.65. The quantitative estimate of drug-likeness (QED) is 0.737. The summed E-state index contributed by atoms with van der Waals surface area (Å²) in [7, 11) is 1.37. The highest BCUT2D eigenvalue weighted by atomic mass is 19.1. The van der Waals surface area contributed by atoms with Crippen LogP contribution in [0.4, 0.5) is 4.39 Å². The molecule has 1 unspecified atom stereocenters. The summed E-state index contributed by atoms with van der Waals surface area (Å²) in [6.45, 7) is 1.87. The van der Waals surface area contributed by atoms with Gasteiger partial charge in [0.05, 0.1) is 18.7 Å². The summed E-state index contributed by atoms with van der Waals surface area (Å²) in [6.07, 6.45) is 1.12. The standard InChI is InChI=1S/C13H14FNO2/c1-3-5-9(8-15)13(16)12-10(14)6-4-7-11(12)17-2/h4,6-7,9H,3,5H2,1-2H3.